The van der Waals surface area contributed by atoms with E-state index in [1.165, 1.54) is 0 Å². The normalized spacial score (nSPS) is 17.6. The maximum Gasteiger partial charge on any atom is 0.306 e. The Morgan fingerprint density at radius 3 is 2.58 bits per heavy atom. The zero-order valence-electron chi connectivity index (χ0n) is 13.4. The van der Waals surface area contributed by atoms with E-state index in [0.717, 1.165) is 16.4 Å². The van der Waals surface area contributed by atoms with Gasteiger partial charge in [0, 0.05) is 30.2 Å². The molecule has 1 N–H and O–H groups in total. The molecular weight excluding hydrogens is 330 g/mol. The molecule has 3 rings (SSSR count). The standard InChI is InChI=1S/C17H21NO5S/c19-16(18-6-3-12(4-7-18)17(20)21)5-10-24-13-1-2-14-15(11-13)23-9-8-22-14/h1-2,11-12H,3-10H2,(H,20,21). The third-order valence-electron chi connectivity index (χ3n) is 4.30. The summed E-state index contributed by atoms with van der Waals surface area (Å²) in [6.07, 6.45) is 1.56. The van der Waals surface area contributed by atoms with Gasteiger partial charge in [0.2, 0.25) is 5.91 Å². The van der Waals surface area contributed by atoms with E-state index >= 15 is 0 Å². The van der Waals surface area contributed by atoms with Crippen molar-refractivity contribution in [2.45, 2.75) is 24.2 Å². The first-order valence-electron chi connectivity index (χ1n) is 8.16. The molecule has 0 aromatic heterocycles. The molecule has 6 nitrogen and oxygen atoms in total. The number of carboxylic acid groups (broad SMARTS) is 1. The molecule has 2 aliphatic heterocycles. The minimum absolute atomic E-state index is 0.101. The molecule has 0 bridgehead atoms. The van der Waals surface area contributed by atoms with Gasteiger partial charge in [0.25, 0.3) is 0 Å². The number of nitrogens with zero attached hydrogens (tertiary/aromatic N) is 1. The Bertz CT molecular complexity index is 613. The molecule has 0 saturated carbocycles. The number of ether oxygens (including phenoxy) is 2. The van der Waals surface area contributed by atoms with Crippen LogP contribution in [0.15, 0.2) is 23.1 Å². The number of likely N-dealkylation sites (tertiary alicyclic amines) is 1. The predicted octanol–water partition coefficient (Wildman–Crippen LogP) is 2.26. The number of benzene rings is 1. The van der Waals surface area contributed by atoms with Crippen LogP contribution in [0.5, 0.6) is 11.5 Å². The van der Waals surface area contributed by atoms with Crippen molar-refractivity contribution in [1.82, 2.24) is 4.90 Å². The van der Waals surface area contributed by atoms with E-state index < -0.39 is 5.97 Å². The predicted molar refractivity (Wildman–Crippen MR) is 89.7 cm³/mol. The lowest BCUT2D eigenvalue weighted by Gasteiger charge is -2.30. The molecule has 7 heteroatoms. The Morgan fingerprint density at radius 1 is 1.17 bits per heavy atom. The monoisotopic (exact) mass is 351 g/mol. The van der Waals surface area contributed by atoms with Gasteiger partial charge in [-0.05, 0) is 31.0 Å². The van der Waals surface area contributed by atoms with E-state index in [2.05, 4.69) is 0 Å². The van der Waals surface area contributed by atoms with Crippen LogP contribution in [0.25, 0.3) is 0 Å². The summed E-state index contributed by atoms with van der Waals surface area (Å²) in [5.74, 6) is 1.26. The van der Waals surface area contributed by atoms with Gasteiger partial charge in [-0.15, -0.1) is 11.8 Å². The van der Waals surface area contributed by atoms with Crippen LogP contribution >= 0.6 is 11.8 Å². The Labute approximate surface area is 145 Å². The average molecular weight is 351 g/mol. The summed E-state index contributed by atoms with van der Waals surface area (Å²) < 4.78 is 11.0. The van der Waals surface area contributed by atoms with Gasteiger partial charge in [-0.25, -0.2) is 0 Å². The lowest BCUT2D eigenvalue weighted by molar-refractivity contribution is -0.145. The number of piperidine rings is 1. The maximum atomic E-state index is 12.2. The zero-order chi connectivity index (χ0) is 16.9. The maximum absolute atomic E-state index is 12.2. The Balaban J connectivity index is 1.43. The van der Waals surface area contributed by atoms with Crippen LogP contribution in [0, 0.1) is 5.92 Å². The van der Waals surface area contributed by atoms with Crippen LogP contribution in [0.1, 0.15) is 19.3 Å². The number of hydrogen-bond acceptors (Lipinski definition) is 5. The molecule has 0 unspecified atom stereocenters. The molecule has 1 amide bonds. The summed E-state index contributed by atoms with van der Waals surface area (Å²) in [6, 6.07) is 5.82. The second kappa shape index (κ2) is 7.79. The van der Waals surface area contributed by atoms with E-state index in [-0.39, 0.29) is 11.8 Å². The van der Waals surface area contributed by atoms with Gasteiger partial charge in [0.1, 0.15) is 13.2 Å². The fourth-order valence-electron chi connectivity index (χ4n) is 2.90. The van der Waals surface area contributed by atoms with E-state index in [1.807, 2.05) is 18.2 Å². The summed E-state index contributed by atoms with van der Waals surface area (Å²) in [4.78, 5) is 26.0. The van der Waals surface area contributed by atoms with Gasteiger partial charge < -0.3 is 19.5 Å². The molecule has 2 heterocycles. The van der Waals surface area contributed by atoms with Crippen molar-refractivity contribution in [3.63, 3.8) is 0 Å². The Kier molecular flexibility index (Phi) is 5.50. The summed E-state index contributed by atoms with van der Waals surface area (Å²) in [7, 11) is 0. The molecule has 1 aromatic rings. The SMILES string of the molecule is O=C(O)C1CCN(C(=O)CCSc2ccc3c(c2)OCCO3)CC1. The number of carbonyl (C=O) groups is 2. The summed E-state index contributed by atoms with van der Waals surface area (Å²) in [5.41, 5.74) is 0. The molecular formula is C17H21NO5S. The Morgan fingerprint density at radius 2 is 1.88 bits per heavy atom. The number of rotatable bonds is 5. The Hall–Kier alpha value is -1.89. The lowest BCUT2D eigenvalue weighted by Crippen LogP contribution is -2.40. The summed E-state index contributed by atoms with van der Waals surface area (Å²) >= 11 is 1.61. The highest BCUT2D eigenvalue weighted by Crippen LogP contribution is 2.34. The molecule has 0 radical (unpaired) electrons. The van der Waals surface area contributed by atoms with Crippen molar-refractivity contribution >= 4 is 23.6 Å². The first-order chi connectivity index (χ1) is 11.6. The third-order valence-corrected chi connectivity index (χ3v) is 5.29. The van der Waals surface area contributed by atoms with Gasteiger partial charge in [-0.1, -0.05) is 0 Å². The fraction of sp³-hybridized carbons (Fsp3) is 0.529. The van der Waals surface area contributed by atoms with Gasteiger partial charge in [0.15, 0.2) is 11.5 Å². The van der Waals surface area contributed by atoms with E-state index in [1.54, 1.807) is 16.7 Å². The van der Waals surface area contributed by atoms with Crippen molar-refractivity contribution in [3.8, 4) is 11.5 Å². The fourth-order valence-corrected chi connectivity index (χ4v) is 3.77. The van der Waals surface area contributed by atoms with Gasteiger partial charge in [0.05, 0.1) is 5.92 Å². The van der Waals surface area contributed by atoms with E-state index in [9.17, 15) is 9.59 Å². The second-order valence-electron chi connectivity index (χ2n) is 5.90. The van der Waals surface area contributed by atoms with Gasteiger partial charge in [-0.2, -0.15) is 0 Å². The van der Waals surface area contributed by atoms with Crippen LogP contribution in [0.2, 0.25) is 0 Å². The van der Waals surface area contributed by atoms with E-state index in [0.29, 0.717) is 51.3 Å². The smallest absolute Gasteiger partial charge is 0.306 e. The minimum atomic E-state index is -0.753. The number of aliphatic carboxylic acids is 1. The molecule has 2 aliphatic rings. The third kappa shape index (κ3) is 4.14. The zero-order valence-corrected chi connectivity index (χ0v) is 14.2. The van der Waals surface area contributed by atoms with Crippen molar-refractivity contribution in [2.24, 2.45) is 5.92 Å². The first-order valence-corrected chi connectivity index (χ1v) is 9.15. The number of thioether (sulfide) groups is 1. The summed E-state index contributed by atoms with van der Waals surface area (Å²) in [5, 5.41) is 8.99. The molecule has 0 aliphatic carbocycles. The molecule has 1 fully saturated rings. The van der Waals surface area contributed by atoms with Crippen LogP contribution in [-0.2, 0) is 9.59 Å². The molecule has 1 aromatic carbocycles. The van der Waals surface area contributed by atoms with Gasteiger partial charge in [-0.3, -0.25) is 9.59 Å². The topological polar surface area (TPSA) is 76.1 Å². The lowest BCUT2D eigenvalue weighted by atomic mass is 9.97. The average Bonchev–Trinajstić information content (AvgIpc) is 2.61. The highest BCUT2D eigenvalue weighted by Gasteiger charge is 2.26. The minimum Gasteiger partial charge on any atom is -0.486 e. The number of hydrogen-bond donors (Lipinski definition) is 1. The van der Waals surface area contributed by atoms with Crippen molar-refractivity contribution in [3.05, 3.63) is 18.2 Å². The number of carboxylic acids is 1. The van der Waals surface area contributed by atoms with Crippen molar-refractivity contribution < 1.29 is 24.2 Å². The summed E-state index contributed by atoms with van der Waals surface area (Å²) in [6.45, 7) is 2.23. The molecule has 1 saturated heterocycles. The quantitative estimate of drug-likeness (QED) is 0.820. The van der Waals surface area contributed by atoms with Crippen LogP contribution in [0.3, 0.4) is 0 Å². The van der Waals surface area contributed by atoms with Crippen LogP contribution in [0.4, 0.5) is 0 Å². The highest BCUT2D eigenvalue weighted by molar-refractivity contribution is 7.99. The number of amides is 1. The molecule has 0 atom stereocenters. The van der Waals surface area contributed by atoms with Gasteiger partial charge >= 0.3 is 5.97 Å². The van der Waals surface area contributed by atoms with Crippen molar-refractivity contribution in [2.75, 3.05) is 32.1 Å². The number of carbonyl (C=O) groups excluding carboxylic acids is 1. The van der Waals surface area contributed by atoms with Crippen LogP contribution < -0.4 is 9.47 Å². The first kappa shape index (κ1) is 17.0. The number of fused-ring (bicyclic) bond motifs is 1. The van der Waals surface area contributed by atoms with Crippen molar-refractivity contribution in [1.29, 1.82) is 0 Å². The highest BCUT2D eigenvalue weighted by atomic mass is 32.2. The molecule has 130 valence electrons. The molecule has 24 heavy (non-hydrogen) atoms. The largest absolute Gasteiger partial charge is 0.486 e. The second-order valence-corrected chi connectivity index (χ2v) is 7.07. The molecule has 0 spiro atoms. The van der Waals surface area contributed by atoms with Crippen LogP contribution in [-0.4, -0.2) is 53.9 Å². The van der Waals surface area contributed by atoms with E-state index in [4.69, 9.17) is 14.6 Å².